The summed E-state index contributed by atoms with van der Waals surface area (Å²) in [6.45, 7) is 0. The Morgan fingerprint density at radius 2 is 1.07 bits per heavy atom. The van der Waals surface area contributed by atoms with Gasteiger partial charge in [-0.1, -0.05) is 32.1 Å². The third-order valence-electron chi connectivity index (χ3n) is 3.98. The minimum absolute atomic E-state index is 1.36. The third kappa shape index (κ3) is 1.51. The Bertz CT molecular complexity index is 196. The van der Waals surface area contributed by atoms with Crippen molar-refractivity contribution in [3.8, 4) is 0 Å². The Labute approximate surface area is 88.5 Å². The molecule has 0 spiro atoms. The van der Waals surface area contributed by atoms with E-state index >= 15 is 0 Å². The fraction of sp³-hybridized carbons (Fsp3) is 0.643. The molecule has 0 heterocycles. The van der Waals surface area contributed by atoms with Gasteiger partial charge in [0, 0.05) is 0 Å². The lowest BCUT2D eigenvalue weighted by molar-refractivity contribution is 0.576. The first-order chi connectivity index (χ1) is 6.95. The number of fused-ring (bicyclic) bond motifs is 3. The zero-order valence-electron chi connectivity index (χ0n) is 8.94. The molecule has 0 unspecified atom stereocenters. The van der Waals surface area contributed by atoms with E-state index in [1.54, 1.807) is 23.7 Å². The lowest BCUT2D eigenvalue weighted by Crippen LogP contribution is -2.15. The smallest absolute Gasteiger partial charge is 0.00967 e. The van der Waals surface area contributed by atoms with Crippen molar-refractivity contribution >= 4 is 0 Å². The molecule has 0 aromatic heterocycles. The largest absolute Gasteiger partial charge is 0.0533 e. The van der Waals surface area contributed by atoms with Gasteiger partial charge in [0.15, 0.2) is 0 Å². The minimum Gasteiger partial charge on any atom is -0.0533 e. The van der Waals surface area contributed by atoms with Crippen LogP contribution in [0.2, 0.25) is 0 Å². The van der Waals surface area contributed by atoms with Gasteiger partial charge in [0.1, 0.15) is 0 Å². The number of rotatable bonds is 0. The second kappa shape index (κ2) is 3.87. The first-order valence-electron chi connectivity index (χ1n) is 6.24. The summed E-state index contributed by atoms with van der Waals surface area (Å²) >= 11 is 0. The average Bonchev–Trinajstić information content (AvgIpc) is 2.42. The van der Waals surface area contributed by atoms with Crippen LogP contribution in [-0.4, -0.2) is 0 Å². The van der Waals surface area contributed by atoms with E-state index in [2.05, 4.69) is 6.42 Å². The summed E-state index contributed by atoms with van der Waals surface area (Å²) in [5.74, 6) is 6.97. The van der Waals surface area contributed by atoms with Gasteiger partial charge in [-0.05, 0) is 55.8 Å². The SMILES string of the molecule is [CH]1[C]2CCCCC[C]2[C]2CCCC[C]12. The topological polar surface area (TPSA) is 0 Å². The van der Waals surface area contributed by atoms with Gasteiger partial charge in [-0.15, -0.1) is 0 Å². The molecule has 0 aromatic rings. The van der Waals surface area contributed by atoms with Crippen LogP contribution < -0.4 is 0 Å². The van der Waals surface area contributed by atoms with E-state index in [1.165, 1.54) is 57.8 Å². The molecule has 3 fully saturated rings. The molecule has 0 heteroatoms. The second-order valence-electron chi connectivity index (χ2n) is 4.92. The van der Waals surface area contributed by atoms with Gasteiger partial charge in [-0.2, -0.15) is 0 Å². The van der Waals surface area contributed by atoms with E-state index in [4.69, 9.17) is 0 Å². The molecule has 5 radical (unpaired) electrons. The Hall–Kier alpha value is 0. The van der Waals surface area contributed by atoms with E-state index in [-0.39, 0.29) is 0 Å². The van der Waals surface area contributed by atoms with Crippen molar-refractivity contribution in [3.63, 3.8) is 0 Å². The predicted octanol–water partition coefficient (Wildman–Crippen LogP) is 4.04. The van der Waals surface area contributed by atoms with Crippen LogP contribution >= 0.6 is 0 Å². The molecule has 0 aromatic carbocycles. The molecule has 0 amide bonds. The van der Waals surface area contributed by atoms with Crippen molar-refractivity contribution in [1.29, 1.82) is 0 Å². The molecular weight excluding hydrogens is 168 g/mol. The second-order valence-corrected chi connectivity index (χ2v) is 4.92. The first-order valence-corrected chi connectivity index (χ1v) is 6.24. The monoisotopic (exact) mass is 187 g/mol. The lowest BCUT2D eigenvalue weighted by Gasteiger charge is -2.28. The van der Waals surface area contributed by atoms with Crippen LogP contribution in [-0.2, 0) is 0 Å². The minimum atomic E-state index is 1.36. The van der Waals surface area contributed by atoms with Crippen LogP contribution in [0, 0.1) is 30.1 Å². The van der Waals surface area contributed by atoms with Crippen LogP contribution in [0.1, 0.15) is 57.8 Å². The fourth-order valence-corrected chi connectivity index (χ4v) is 3.25. The molecule has 3 aliphatic rings. The molecule has 3 aliphatic carbocycles. The van der Waals surface area contributed by atoms with Gasteiger partial charge in [-0.3, -0.25) is 0 Å². The quantitative estimate of drug-likeness (QED) is 0.537. The molecule has 0 aliphatic heterocycles. The average molecular weight is 187 g/mol. The van der Waals surface area contributed by atoms with Gasteiger partial charge >= 0.3 is 0 Å². The maximum absolute atomic E-state index is 2.54. The van der Waals surface area contributed by atoms with E-state index in [1.807, 2.05) is 0 Å². The van der Waals surface area contributed by atoms with Gasteiger partial charge < -0.3 is 0 Å². The zero-order chi connectivity index (χ0) is 9.38. The summed E-state index contributed by atoms with van der Waals surface area (Å²) in [6, 6.07) is 0. The summed E-state index contributed by atoms with van der Waals surface area (Å²) in [7, 11) is 0. The molecule has 75 valence electrons. The Morgan fingerprint density at radius 1 is 0.571 bits per heavy atom. The summed E-state index contributed by atoms with van der Waals surface area (Å²) < 4.78 is 0. The van der Waals surface area contributed by atoms with Crippen LogP contribution in [0.3, 0.4) is 0 Å². The van der Waals surface area contributed by atoms with Crippen molar-refractivity contribution < 1.29 is 0 Å². The molecular formula is C14H19. The molecule has 0 atom stereocenters. The van der Waals surface area contributed by atoms with Crippen LogP contribution in [0.15, 0.2) is 0 Å². The fourth-order valence-electron chi connectivity index (χ4n) is 3.25. The molecule has 14 heavy (non-hydrogen) atoms. The van der Waals surface area contributed by atoms with E-state index in [0.29, 0.717) is 0 Å². The highest BCUT2D eigenvalue weighted by molar-refractivity contribution is 5.57. The van der Waals surface area contributed by atoms with Gasteiger partial charge in [0.05, 0.1) is 0 Å². The van der Waals surface area contributed by atoms with Crippen molar-refractivity contribution in [2.45, 2.75) is 57.8 Å². The molecule has 0 nitrogen and oxygen atoms in total. The third-order valence-corrected chi connectivity index (χ3v) is 3.98. The standard InChI is InChI=1S/C14H19/c1-2-6-11-10-12-7-4-5-9-14(12)13(11)8-3-1/h10H,1-9H2. The first kappa shape index (κ1) is 9.24. The van der Waals surface area contributed by atoms with Gasteiger partial charge in [0.25, 0.3) is 0 Å². The maximum atomic E-state index is 2.54. The van der Waals surface area contributed by atoms with Crippen LogP contribution in [0.4, 0.5) is 0 Å². The highest BCUT2D eigenvalue weighted by atomic mass is 14.5. The Kier molecular flexibility index (Phi) is 2.55. The van der Waals surface area contributed by atoms with E-state index in [9.17, 15) is 0 Å². The zero-order valence-corrected chi connectivity index (χ0v) is 8.94. The Balaban J connectivity index is 1.75. The summed E-state index contributed by atoms with van der Waals surface area (Å²) in [5, 5.41) is 0. The molecule has 0 bridgehead atoms. The molecule has 0 saturated heterocycles. The molecule has 3 saturated carbocycles. The molecule has 3 rings (SSSR count). The predicted molar refractivity (Wildman–Crippen MR) is 58.8 cm³/mol. The summed E-state index contributed by atoms with van der Waals surface area (Å²) in [6.07, 6.45) is 15.2. The van der Waals surface area contributed by atoms with Crippen molar-refractivity contribution in [2.75, 3.05) is 0 Å². The normalized spacial score (nSPS) is 32.6. The van der Waals surface area contributed by atoms with Crippen molar-refractivity contribution in [2.24, 2.45) is 0 Å². The van der Waals surface area contributed by atoms with Crippen molar-refractivity contribution in [1.82, 2.24) is 0 Å². The highest BCUT2D eigenvalue weighted by Crippen LogP contribution is 2.57. The highest BCUT2D eigenvalue weighted by Gasteiger charge is 2.45. The Morgan fingerprint density at radius 3 is 1.79 bits per heavy atom. The summed E-state index contributed by atoms with van der Waals surface area (Å²) in [4.78, 5) is 0. The maximum Gasteiger partial charge on any atom is -0.00967 e. The van der Waals surface area contributed by atoms with Crippen molar-refractivity contribution in [3.05, 3.63) is 30.1 Å². The van der Waals surface area contributed by atoms with E-state index in [0.717, 1.165) is 0 Å². The lowest BCUT2D eigenvalue weighted by atomic mass is 9.76. The van der Waals surface area contributed by atoms with Crippen LogP contribution in [0.25, 0.3) is 0 Å². The van der Waals surface area contributed by atoms with E-state index < -0.39 is 0 Å². The summed E-state index contributed by atoms with van der Waals surface area (Å²) in [5.41, 5.74) is 0. The number of hydrogen-bond acceptors (Lipinski definition) is 0. The molecule has 0 N–H and O–H groups in total. The van der Waals surface area contributed by atoms with Gasteiger partial charge in [-0.25, -0.2) is 0 Å². The number of hydrogen-bond donors (Lipinski definition) is 0. The van der Waals surface area contributed by atoms with Crippen LogP contribution in [0.5, 0.6) is 0 Å². The van der Waals surface area contributed by atoms with Gasteiger partial charge in [0.2, 0.25) is 0 Å².